The van der Waals surface area contributed by atoms with Crippen molar-refractivity contribution >= 4 is 11.1 Å². The van der Waals surface area contributed by atoms with Gasteiger partial charge in [0.1, 0.15) is 5.75 Å². The molecule has 0 amide bonds. The first-order chi connectivity index (χ1) is 11.2. The van der Waals surface area contributed by atoms with E-state index in [-0.39, 0.29) is 12.4 Å². The Morgan fingerprint density at radius 1 is 0.957 bits per heavy atom. The lowest BCUT2D eigenvalue weighted by Gasteiger charge is -2.18. The van der Waals surface area contributed by atoms with Gasteiger partial charge in [-0.25, -0.2) is 0 Å². The van der Waals surface area contributed by atoms with Crippen LogP contribution in [0.1, 0.15) is 37.3 Å². The first-order valence-corrected chi connectivity index (χ1v) is 8.04. The van der Waals surface area contributed by atoms with Gasteiger partial charge in [-0.05, 0) is 59.2 Å². The molecule has 0 atom stereocenters. The Kier molecular flexibility index (Phi) is 6.19. The van der Waals surface area contributed by atoms with E-state index in [0.717, 1.165) is 35.1 Å². The highest BCUT2D eigenvalue weighted by Gasteiger charge is 2.14. The van der Waals surface area contributed by atoms with Crippen molar-refractivity contribution in [3.05, 3.63) is 77.9 Å². The second-order valence-corrected chi connectivity index (χ2v) is 5.55. The van der Waals surface area contributed by atoms with Gasteiger partial charge in [0.25, 0.3) is 0 Å². The van der Waals surface area contributed by atoms with Crippen molar-refractivity contribution in [2.75, 3.05) is 6.61 Å². The molecule has 0 spiro atoms. The summed E-state index contributed by atoms with van der Waals surface area (Å²) >= 11 is 0. The number of rotatable bonds is 7. The molecule has 0 bridgehead atoms. The molecule has 0 unspecified atom stereocenters. The van der Waals surface area contributed by atoms with Gasteiger partial charge in [-0.3, -0.25) is 0 Å². The maximum absolute atomic E-state index is 9.56. The average molecular weight is 308 g/mol. The molecule has 2 heteroatoms. The molecule has 0 radical (unpaired) electrons. The molecular weight excluding hydrogens is 284 g/mol. The van der Waals surface area contributed by atoms with E-state index in [2.05, 4.69) is 25.6 Å². The Morgan fingerprint density at radius 2 is 1.61 bits per heavy atom. The third kappa shape index (κ3) is 4.33. The standard InChI is InChI=1S/C21H24O2/c1-3-16(2)21(18-11-13-19(23)14-12-18)20(10-7-15-22)17-8-5-4-6-9-17/h4-6,8-9,11-14,22-23H,2-3,7,10,15H2,1H3/b21-20+. The molecule has 120 valence electrons. The molecule has 0 aliphatic rings. The topological polar surface area (TPSA) is 40.5 Å². The second kappa shape index (κ2) is 8.35. The second-order valence-electron chi connectivity index (χ2n) is 5.55. The number of allylic oxidation sites excluding steroid dienone is 3. The number of phenols is 1. The summed E-state index contributed by atoms with van der Waals surface area (Å²) < 4.78 is 0. The van der Waals surface area contributed by atoms with Gasteiger partial charge in [0.05, 0.1) is 0 Å². The fourth-order valence-electron chi connectivity index (χ4n) is 2.71. The van der Waals surface area contributed by atoms with Crippen LogP contribution < -0.4 is 0 Å². The summed E-state index contributed by atoms with van der Waals surface area (Å²) in [5.74, 6) is 0.256. The van der Waals surface area contributed by atoms with Crippen LogP contribution in [0.25, 0.3) is 11.1 Å². The smallest absolute Gasteiger partial charge is 0.115 e. The first-order valence-electron chi connectivity index (χ1n) is 8.04. The Balaban J connectivity index is 2.63. The largest absolute Gasteiger partial charge is 0.508 e. The zero-order valence-corrected chi connectivity index (χ0v) is 13.6. The Bertz CT molecular complexity index is 667. The number of aliphatic hydroxyl groups is 1. The van der Waals surface area contributed by atoms with Crippen LogP contribution >= 0.6 is 0 Å². The predicted octanol–water partition coefficient (Wildman–Crippen LogP) is 5.04. The van der Waals surface area contributed by atoms with Crippen molar-refractivity contribution in [3.63, 3.8) is 0 Å². The van der Waals surface area contributed by atoms with E-state index >= 15 is 0 Å². The van der Waals surface area contributed by atoms with Gasteiger partial charge in [0.15, 0.2) is 0 Å². The first kappa shape index (κ1) is 17.0. The van der Waals surface area contributed by atoms with E-state index < -0.39 is 0 Å². The summed E-state index contributed by atoms with van der Waals surface area (Å²) in [6.07, 6.45) is 2.35. The quantitative estimate of drug-likeness (QED) is 0.555. The highest BCUT2D eigenvalue weighted by molar-refractivity contribution is 5.98. The maximum Gasteiger partial charge on any atom is 0.115 e. The van der Waals surface area contributed by atoms with Crippen LogP contribution in [0.4, 0.5) is 0 Å². The molecule has 0 aliphatic carbocycles. The number of aromatic hydroxyl groups is 1. The molecule has 2 N–H and O–H groups in total. The number of hydrogen-bond acceptors (Lipinski definition) is 2. The van der Waals surface area contributed by atoms with Crippen LogP contribution in [0.15, 0.2) is 66.7 Å². The Hall–Kier alpha value is -2.32. The van der Waals surface area contributed by atoms with E-state index in [1.165, 1.54) is 5.57 Å². The minimum atomic E-state index is 0.164. The molecule has 2 nitrogen and oxygen atoms in total. The maximum atomic E-state index is 9.56. The van der Waals surface area contributed by atoms with Gasteiger partial charge in [-0.2, -0.15) is 0 Å². The molecule has 2 aromatic carbocycles. The average Bonchev–Trinajstić information content (AvgIpc) is 2.60. The lowest BCUT2D eigenvalue weighted by atomic mass is 9.87. The van der Waals surface area contributed by atoms with Crippen LogP contribution in [0.2, 0.25) is 0 Å². The Labute approximate surface area is 138 Å². The van der Waals surface area contributed by atoms with Gasteiger partial charge in [-0.15, -0.1) is 0 Å². The molecule has 0 saturated carbocycles. The fraction of sp³-hybridized carbons (Fsp3) is 0.238. The third-order valence-corrected chi connectivity index (χ3v) is 3.95. The summed E-state index contributed by atoms with van der Waals surface area (Å²) in [4.78, 5) is 0. The van der Waals surface area contributed by atoms with Gasteiger partial charge in [0.2, 0.25) is 0 Å². The molecule has 23 heavy (non-hydrogen) atoms. The van der Waals surface area contributed by atoms with E-state index in [1.807, 2.05) is 30.3 Å². The summed E-state index contributed by atoms with van der Waals surface area (Å²) in [6, 6.07) is 17.5. The summed E-state index contributed by atoms with van der Waals surface area (Å²) in [7, 11) is 0. The van der Waals surface area contributed by atoms with E-state index in [0.29, 0.717) is 6.42 Å². The van der Waals surface area contributed by atoms with Gasteiger partial charge < -0.3 is 10.2 Å². The Morgan fingerprint density at radius 3 is 2.17 bits per heavy atom. The molecule has 2 aromatic rings. The zero-order valence-electron chi connectivity index (χ0n) is 13.6. The number of aliphatic hydroxyl groups excluding tert-OH is 1. The predicted molar refractivity (Wildman–Crippen MR) is 97.1 cm³/mol. The molecule has 0 saturated heterocycles. The zero-order chi connectivity index (χ0) is 16.7. The van der Waals surface area contributed by atoms with Crippen LogP contribution in [0.3, 0.4) is 0 Å². The van der Waals surface area contributed by atoms with Crippen LogP contribution in [-0.2, 0) is 0 Å². The van der Waals surface area contributed by atoms with Gasteiger partial charge in [0, 0.05) is 6.61 Å². The monoisotopic (exact) mass is 308 g/mol. The van der Waals surface area contributed by atoms with Crippen molar-refractivity contribution < 1.29 is 10.2 Å². The lowest BCUT2D eigenvalue weighted by Crippen LogP contribution is -1.97. The fourth-order valence-corrected chi connectivity index (χ4v) is 2.71. The highest BCUT2D eigenvalue weighted by Crippen LogP contribution is 2.36. The number of phenolic OH excluding ortho intramolecular Hbond substituents is 1. The van der Waals surface area contributed by atoms with Crippen LogP contribution in [-0.4, -0.2) is 16.8 Å². The van der Waals surface area contributed by atoms with Crippen molar-refractivity contribution in [1.82, 2.24) is 0 Å². The summed E-state index contributed by atoms with van der Waals surface area (Å²) in [5.41, 5.74) is 5.57. The minimum Gasteiger partial charge on any atom is -0.508 e. The molecule has 2 rings (SSSR count). The van der Waals surface area contributed by atoms with Gasteiger partial charge in [-0.1, -0.05) is 56.0 Å². The van der Waals surface area contributed by atoms with Crippen molar-refractivity contribution in [3.8, 4) is 5.75 Å². The molecular formula is C21H24O2. The van der Waals surface area contributed by atoms with E-state index in [9.17, 15) is 10.2 Å². The summed E-state index contributed by atoms with van der Waals surface area (Å²) in [6.45, 7) is 6.50. The van der Waals surface area contributed by atoms with Crippen LogP contribution in [0.5, 0.6) is 5.75 Å². The molecule has 0 aliphatic heterocycles. The number of hydrogen-bond donors (Lipinski definition) is 2. The molecule has 0 aromatic heterocycles. The van der Waals surface area contributed by atoms with Gasteiger partial charge >= 0.3 is 0 Å². The van der Waals surface area contributed by atoms with E-state index in [4.69, 9.17) is 0 Å². The third-order valence-electron chi connectivity index (χ3n) is 3.95. The SMILES string of the molecule is C=C(CC)/C(=C(/CCCO)c1ccccc1)c1ccc(O)cc1. The minimum absolute atomic E-state index is 0.164. The van der Waals surface area contributed by atoms with Crippen LogP contribution in [0, 0.1) is 0 Å². The molecule has 0 fully saturated rings. The number of benzene rings is 2. The van der Waals surface area contributed by atoms with Crippen molar-refractivity contribution in [2.45, 2.75) is 26.2 Å². The highest BCUT2D eigenvalue weighted by atomic mass is 16.3. The summed E-state index contributed by atoms with van der Waals surface area (Å²) in [5, 5.41) is 18.8. The lowest BCUT2D eigenvalue weighted by molar-refractivity contribution is 0.290. The van der Waals surface area contributed by atoms with E-state index in [1.54, 1.807) is 12.1 Å². The van der Waals surface area contributed by atoms with Crippen molar-refractivity contribution in [2.24, 2.45) is 0 Å². The van der Waals surface area contributed by atoms with Crippen molar-refractivity contribution in [1.29, 1.82) is 0 Å². The molecule has 0 heterocycles. The normalized spacial score (nSPS) is 11.9.